The molecule has 0 spiro atoms. The van der Waals surface area contributed by atoms with Crippen molar-refractivity contribution in [2.24, 2.45) is 11.7 Å². The molecule has 0 saturated heterocycles. The maximum Gasteiger partial charge on any atom is 0.240 e. The minimum Gasteiger partial charge on any atom is -0.368 e. The molecule has 2 aromatic carbocycles. The molecule has 3 atom stereocenters. The SMILES string of the molecule is NC(=O)[C@@H]1Cc2ccccc2N1C(=O)[C@@H]1C[C@H]1c1cccc(F)c1. The zero-order chi connectivity index (χ0) is 16.8. The van der Waals surface area contributed by atoms with Gasteiger partial charge in [-0.1, -0.05) is 30.3 Å². The van der Waals surface area contributed by atoms with Crippen molar-refractivity contribution < 1.29 is 14.0 Å². The smallest absolute Gasteiger partial charge is 0.240 e. The number of halogens is 1. The van der Waals surface area contributed by atoms with Gasteiger partial charge in [0.25, 0.3) is 0 Å². The topological polar surface area (TPSA) is 63.4 Å². The van der Waals surface area contributed by atoms with Crippen molar-refractivity contribution in [2.45, 2.75) is 24.8 Å². The van der Waals surface area contributed by atoms with Crippen molar-refractivity contribution in [3.63, 3.8) is 0 Å². The fourth-order valence-electron chi connectivity index (χ4n) is 3.64. The molecule has 5 heteroatoms. The van der Waals surface area contributed by atoms with Crippen LogP contribution in [0.1, 0.15) is 23.5 Å². The molecule has 1 aliphatic heterocycles. The number of nitrogens with two attached hydrogens (primary N) is 1. The molecule has 0 bridgehead atoms. The Morgan fingerprint density at radius 3 is 2.67 bits per heavy atom. The molecule has 1 fully saturated rings. The van der Waals surface area contributed by atoms with E-state index in [0.717, 1.165) is 16.8 Å². The van der Waals surface area contributed by atoms with Gasteiger partial charge in [-0.3, -0.25) is 14.5 Å². The van der Waals surface area contributed by atoms with Gasteiger partial charge in [-0.05, 0) is 41.7 Å². The summed E-state index contributed by atoms with van der Waals surface area (Å²) in [6.07, 6.45) is 1.13. The molecule has 4 rings (SSSR count). The van der Waals surface area contributed by atoms with Crippen LogP contribution in [-0.2, 0) is 16.0 Å². The molecule has 122 valence electrons. The second-order valence-corrected chi connectivity index (χ2v) is 6.46. The number of amides is 2. The lowest BCUT2D eigenvalue weighted by Crippen LogP contribution is -2.46. The lowest BCUT2D eigenvalue weighted by Gasteiger charge is -2.23. The molecular weight excluding hydrogens is 307 g/mol. The first-order valence-electron chi connectivity index (χ1n) is 8.02. The molecular formula is C19H17FN2O2. The Bertz CT molecular complexity index is 836. The number of hydrogen-bond acceptors (Lipinski definition) is 2. The Morgan fingerprint density at radius 2 is 1.92 bits per heavy atom. The van der Waals surface area contributed by atoms with Gasteiger partial charge in [0.1, 0.15) is 11.9 Å². The van der Waals surface area contributed by atoms with Gasteiger partial charge in [-0.25, -0.2) is 4.39 Å². The zero-order valence-corrected chi connectivity index (χ0v) is 13.0. The summed E-state index contributed by atoms with van der Waals surface area (Å²) in [6.45, 7) is 0. The average molecular weight is 324 g/mol. The molecule has 1 heterocycles. The van der Waals surface area contributed by atoms with Crippen LogP contribution in [0.15, 0.2) is 48.5 Å². The van der Waals surface area contributed by atoms with Crippen molar-refractivity contribution in [3.8, 4) is 0 Å². The average Bonchev–Trinajstić information content (AvgIpc) is 3.27. The summed E-state index contributed by atoms with van der Waals surface area (Å²) in [7, 11) is 0. The molecule has 2 aliphatic rings. The highest BCUT2D eigenvalue weighted by atomic mass is 19.1. The van der Waals surface area contributed by atoms with Crippen LogP contribution in [0.5, 0.6) is 0 Å². The fourth-order valence-corrected chi connectivity index (χ4v) is 3.64. The molecule has 1 aliphatic carbocycles. The number of anilines is 1. The standard InChI is InChI=1S/C19H17FN2O2/c20-13-6-3-5-11(8-13)14-10-15(14)19(24)22-16-7-2-1-4-12(16)9-17(22)18(21)23/h1-8,14-15,17H,9-10H2,(H2,21,23)/t14-,15+,17-/m0/s1. The number of rotatable bonds is 3. The molecule has 0 aromatic heterocycles. The molecule has 24 heavy (non-hydrogen) atoms. The van der Waals surface area contributed by atoms with Crippen LogP contribution in [-0.4, -0.2) is 17.9 Å². The number of fused-ring (bicyclic) bond motifs is 1. The lowest BCUT2D eigenvalue weighted by molar-refractivity contribution is -0.125. The van der Waals surface area contributed by atoms with E-state index in [1.54, 1.807) is 11.0 Å². The van der Waals surface area contributed by atoms with Crippen molar-refractivity contribution in [2.75, 3.05) is 4.90 Å². The van der Waals surface area contributed by atoms with Crippen LogP contribution in [0.3, 0.4) is 0 Å². The van der Waals surface area contributed by atoms with E-state index in [9.17, 15) is 14.0 Å². The van der Waals surface area contributed by atoms with E-state index in [-0.39, 0.29) is 23.6 Å². The minimum atomic E-state index is -0.636. The van der Waals surface area contributed by atoms with Crippen molar-refractivity contribution in [1.29, 1.82) is 0 Å². The third kappa shape index (κ3) is 2.37. The monoisotopic (exact) mass is 324 g/mol. The Balaban J connectivity index is 1.61. The van der Waals surface area contributed by atoms with Gasteiger partial charge in [-0.2, -0.15) is 0 Å². The van der Waals surface area contributed by atoms with Crippen LogP contribution in [0, 0.1) is 11.7 Å². The number of hydrogen-bond donors (Lipinski definition) is 1. The van der Waals surface area contributed by atoms with Crippen LogP contribution in [0.4, 0.5) is 10.1 Å². The van der Waals surface area contributed by atoms with Gasteiger partial charge < -0.3 is 5.73 Å². The van der Waals surface area contributed by atoms with Crippen LogP contribution >= 0.6 is 0 Å². The van der Waals surface area contributed by atoms with E-state index in [1.807, 2.05) is 30.3 Å². The fraction of sp³-hybridized carbons (Fsp3) is 0.263. The summed E-state index contributed by atoms with van der Waals surface area (Å²) < 4.78 is 13.4. The number of nitrogens with zero attached hydrogens (tertiary/aromatic N) is 1. The van der Waals surface area contributed by atoms with E-state index in [1.165, 1.54) is 12.1 Å². The third-order valence-corrected chi connectivity index (χ3v) is 4.93. The van der Waals surface area contributed by atoms with Crippen molar-refractivity contribution in [3.05, 3.63) is 65.5 Å². The van der Waals surface area contributed by atoms with E-state index in [0.29, 0.717) is 12.8 Å². The van der Waals surface area contributed by atoms with Crippen LogP contribution in [0.25, 0.3) is 0 Å². The predicted molar refractivity (Wildman–Crippen MR) is 87.9 cm³/mol. The first kappa shape index (κ1) is 14.9. The molecule has 2 aromatic rings. The summed E-state index contributed by atoms with van der Waals surface area (Å²) >= 11 is 0. The summed E-state index contributed by atoms with van der Waals surface area (Å²) in [5.41, 5.74) is 8.06. The van der Waals surface area contributed by atoms with Crippen LogP contribution < -0.4 is 10.6 Å². The molecule has 1 saturated carbocycles. The van der Waals surface area contributed by atoms with Gasteiger partial charge in [0.15, 0.2) is 0 Å². The van der Waals surface area contributed by atoms with Gasteiger partial charge in [0.05, 0.1) is 0 Å². The Hall–Kier alpha value is -2.69. The Labute approximate surface area is 139 Å². The summed E-state index contributed by atoms with van der Waals surface area (Å²) in [6, 6.07) is 13.2. The van der Waals surface area contributed by atoms with E-state index >= 15 is 0 Å². The summed E-state index contributed by atoms with van der Waals surface area (Å²) in [5.74, 6) is -1.11. The quantitative estimate of drug-likeness (QED) is 0.942. The molecule has 2 amide bonds. The van der Waals surface area contributed by atoms with E-state index in [4.69, 9.17) is 5.73 Å². The van der Waals surface area contributed by atoms with Gasteiger partial charge in [-0.15, -0.1) is 0 Å². The number of benzene rings is 2. The van der Waals surface area contributed by atoms with Gasteiger partial charge >= 0.3 is 0 Å². The largest absolute Gasteiger partial charge is 0.368 e. The Morgan fingerprint density at radius 1 is 1.12 bits per heavy atom. The maximum atomic E-state index is 13.4. The molecule has 2 N–H and O–H groups in total. The van der Waals surface area contributed by atoms with Crippen LogP contribution in [0.2, 0.25) is 0 Å². The molecule has 0 radical (unpaired) electrons. The first-order valence-corrected chi connectivity index (χ1v) is 8.02. The van der Waals surface area contributed by atoms with Crippen molar-refractivity contribution >= 4 is 17.5 Å². The first-order chi connectivity index (χ1) is 11.6. The van der Waals surface area contributed by atoms with E-state index in [2.05, 4.69) is 0 Å². The third-order valence-electron chi connectivity index (χ3n) is 4.93. The minimum absolute atomic E-state index is 0.00879. The maximum absolute atomic E-state index is 13.4. The Kier molecular flexibility index (Phi) is 3.37. The van der Waals surface area contributed by atoms with E-state index < -0.39 is 11.9 Å². The van der Waals surface area contributed by atoms with Gasteiger partial charge in [0, 0.05) is 18.0 Å². The zero-order valence-electron chi connectivity index (χ0n) is 13.0. The number of carbonyl (C=O) groups excluding carboxylic acids is 2. The highest BCUT2D eigenvalue weighted by Gasteiger charge is 2.49. The number of primary amides is 1. The number of carbonyl (C=O) groups is 2. The highest BCUT2D eigenvalue weighted by molar-refractivity contribution is 6.05. The second kappa shape index (κ2) is 5.44. The van der Waals surface area contributed by atoms with Crippen molar-refractivity contribution in [1.82, 2.24) is 0 Å². The summed E-state index contributed by atoms with van der Waals surface area (Å²) in [5, 5.41) is 0. The second-order valence-electron chi connectivity index (χ2n) is 6.46. The highest BCUT2D eigenvalue weighted by Crippen LogP contribution is 2.50. The summed E-state index contributed by atoms with van der Waals surface area (Å²) in [4.78, 5) is 26.3. The predicted octanol–water partition coefficient (Wildman–Crippen LogP) is 2.37. The molecule has 0 unspecified atom stereocenters. The lowest BCUT2D eigenvalue weighted by atomic mass is 10.1. The normalized spacial score (nSPS) is 24.5. The molecule has 4 nitrogen and oxygen atoms in total. The number of para-hydroxylation sites is 1. The van der Waals surface area contributed by atoms with Gasteiger partial charge in [0.2, 0.25) is 11.8 Å².